The van der Waals surface area contributed by atoms with E-state index in [1.54, 1.807) is 24.3 Å². The minimum atomic E-state index is -4.62. The van der Waals surface area contributed by atoms with Crippen LogP contribution in [-0.4, -0.2) is 58.2 Å². The first-order valence-electron chi connectivity index (χ1n) is 9.11. The molecule has 2 amide bonds. The minimum absolute atomic E-state index is 0.0517. The maximum absolute atomic E-state index is 13.0. The first-order chi connectivity index (χ1) is 13.8. The number of para-hydroxylation sites is 1. The largest absolute Gasteiger partial charge is 0.397 e. The highest BCUT2D eigenvalue weighted by Gasteiger charge is 2.55. The van der Waals surface area contributed by atoms with Gasteiger partial charge in [-0.1, -0.05) is 18.2 Å². The van der Waals surface area contributed by atoms with Crippen LogP contribution in [0.15, 0.2) is 48.8 Å². The Morgan fingerprint density at radius 3 is 2.48 bits per heavy atom. The van der Waals surface area contributed by atoms with E-state index in [4.69, 9.17) is 0 Å². The van der Waals surface area contributed by atoms with Crippen LogP contribution < -0.4 is 4.90 Å². The van der Waals surface area contributed by atoms with Crippen molar-refractivity contribution in [3.8, 4) is 0 Å². The van der Waals surface area contributed by atoms with Crippen LogP contribution in [0.3, 0.4) is 0 Å². The predicted molar refractivity (Wildman–Crippen MR) is 97.3 cm³/mol. The van der Waals surface area contributed by atoms with Gasteiger partial charge in [-0.15, -0.1) is 0 Å². The van der Waals surface area contributed by atoms with E-state index >= 15 is 0 Å². The Bertz CT molecular complexity index is 935. The molecule has 0 radical (unpaired) electrons. The number of aliphatic hydroxyl groups excluding tert-OH is 1. The quantitative estimate of drug-likeness (QED) is 0.851. The lowest BCUT2D eigenvalue weighted by molar-refractivity contribution is -0.152. The van der Waals surface area contributed by atoms with E-state index in [-0.39, 0.29) is 25.0 Å². The number of hydrogen-bond donors (Lipinski definition) is 1. The molecule has 1 saturated heterocycles. The summed E-state index contributed by atoms with van der Waals surface area (Å²) < 4.78 is 38.5. The lowest BCUT2D eigenvalue weighted by Crippen LogP contribution is -2.70. The minimum Gasteiger partial charge on any atom is -0.394 e. The van der Waals surface area contributed by atoms with E-state index in [9.17, 15) is 27.9 Å². The zero-order chi connectivity index (χ0) is 20.8. The van der Waals surface area contributed by atoms with Gasteiger partial charge in [-0.25, -0.2) is 0 Å². The van der Waals surface area contributed by atoms with Crippen molar-refractivity contribution in [3.05, 3.63) is 59.9 Å². The zero-order valence-corrected chi connectivity index (χ0v) is 15.2. The van der Waals surface area contributed by atoms with Crippen LogP contribution >= 0.6 is 0 Å². The predicted octanol–water partition coefficient (Wildman–Crippen LogP) is 2.35. The van der Waals surface area contributed by atoms with Gasteiger partial charge in [0.2, 0.25) is 5.91 Å². The normalized spacial score (nSPS) is 23.1. The molecular formula is C20H18F3N3O3. The van der Waals surface area contributed by atoms with Gasteiger partial charge in [-0.05, 0) is 23.8 Å². The molecule has 0 spiro atoms. The Balaban J connectivity index is 1.69. The third-order valence-electron chi connectivity index (χ3n) is 5.50. The van der Waals surface area contributed by atoms with E-state index < -0.39 is 30.6 Å². The molecule has 4 rings (SSSR count). The second-order valence-electron chi connectivity index (χ2n) is 7.15. The van der Waals surface area contributed by atoms with E-state index in [1.165, 1.54) is 29.4 Å². The number of benzene rings is 1. The summed E-state index contributed by atoms with van der Waals surface area (Å²) in [6, 6.07) is 8.76. The van der Waals surface area contributed by atoms with E-state index in [2.05, 4.69) is 4.98 Å². The summed E-state index contributed by atoms with van der Waals surface area (Å²) >= 11 is 0. The molecule has 3 atom stereocenters. The van der Waals surface area contributed by atoms with Crippen molar-refractivity contribution in [2.24, 2.45) is 0 Å². The van der Waals surface area contributed by atoms with Crippen molar-refractivity contribution < 1.29 is 27.9 Å². The molecule has 1 fully saturated rings. The number of alkyl halides is 3. The molecule has 9 heteroatoms. The number of anilines is 1. The molecule has 0 unspecified atom stereocenters. The number of carbonyl (C=O) groups excluding carboxylic acids is 2. The maximum atomic E-state index is 13.0. The second-order valence-corrected chi connectivity index (χ2v) is 7.15. The highest BCUT2D eigenvalue weighted by atomic mass is 19.4. The van der Waals surface area contributed by atoms with Gasteiger partial charge in [0, 0.05) is 36.1 Å². The number of hydrogen-bond acceptors (Lipinski definition) is 4. The van der Waals surface area contributed by atoms with Crippen molar-refractivity contribution in [1.29, 1.82) is 0 Å². The molecule has 1 N–H and O–H groups in total. The molecule has 0 aliphatic carbocycles. The third-order valence-corrected chi connectivity index (χ3v) is 5.50. The van der Waals surface area contributed by atoms with Gasteiger partial charge in [0.05, 0.1) is 18.7 Å². The second kappa shape index (κ2) is 7.14. The van der Waals surface area contributed by atoms with Gasteiger partial charge in [-0.3, -0.25) is 14.6 Å². The molecular weight excluding hydrogens is 387 g/mol. The number of likely N-dealkylation sites (tertiary alicyclic amines) is 1. The van der Waals surface area contributed by atoms with Gasteiger partial charge >= 0.3 is 6.18 Å². The van der Waals surface area contributed by atoms with Crippen LogP contribution in [0.5, 0.6) is 0 Å². The van der Waals surface area contributed by atoms with Crippen LogP contribution in [0.4, 0.5) is 18.9 Å². The molecule has 29 heavy (non-hydrogen) atoms. The van der Waals surface area contributed by atoms with Gasteiger partial charge in [-0.2, -0.15) is 13.2 Å². The summed E-state index contributed by atoms with van der Waals surface area (Å²) in [5.74, 6) is -1.67. The highest BCUT2D eigenvalue weighted by molar-refractivity contribution is 5.98. The Labute approximate surface area is 164 Å². The Kier molecular flexibility index (Phi) is 4.77. The van der Waals surface area contributed by atoms with Crippen LogP contribution in [0, 0.1) is 0 Å². The van der Waals surface area contributed by atoms with Crippen LogP contribution in [0.25, 0.3) is 0 Å². The smallest absolute Gasteiger partial charge is 0.394 e. The lowest BCUT2D eigenvalue weighted by atomic mass is 9.71. The van der Waals surface area contributed by atoms with Gasteiger partial charge in [0.25, 0.3) is 5.91 Å². The van der Waals surface area contributed by atoms with Crippen molar-refractivity contribution in [2.45, 2.75) is 30.6 Å². The fourth-order valence-corrected chi connectivity index (χ4v) is 4.31. The molecule has 3 heterocycles. The highest BCUT2D eigenvalue weighted by Crippen LogP contribution is 2.48. The number of nitrogens with zero attached hydrogens (tertiary/aromatic N) is 3. The summed E-state index contributed by atoms with van der Waals surface area (Å²) in [4.78, 5) is 31.8. The number of halogens is 3. The topological polar surface area (TPSA) is 73.7 Å². The average molecular weight is 405 g/mol. The summed E-state index contributed by atoms with van der Waals surface area (Å²) in [5.41, 5.74) is 1.43. The fraction of sp³-hybridized carbons (Fsp3) is 0.350. The van der Waals surface area contributed by atoms with Crippen LogP contribution in [-0.2, 0) is 4.79 Å². The fourth-order valence-electron chi connectivity index (χ4n) is 4.31. The number of rotatable bonds is 3. The molecule has 2 aromatic rings. The Morgan fingerprint density at radius 2 is 1.83 bits per heavy atom. The Hall–Kier alpha value is -2.94. The number of amides is 2. The molecule has 152 valence electrons. The Morgan fingerprint density at radius 1 is 1.14 bits per heavy atom. The number of aromatic nitrogens is 1. The molecule has 1 aromatic heterocycles. The monoisotopic (exact) mass is 405 g/mol. The number of carbonyl (C=O) groups is 2. The number of pyridine rings is 1. The van der Waals surface area contributed by atoms with Crippen LogP contribution in [0.2, 0.25) is 0 Å². The summed E-state index contributed by atoms with van der Waals surface area (Å²) in [6.07, 6.45) is -3.26. The van der Waals surface area contributed by atoms with Gasteiger partial charge < -0.3 is 14.9 Å². The summed E-state index contributed by atoms with van der Waals surface area (Å²) in [5, 5.41) is 9.91. The number of aliphatic hydroxyl groups is 1. The maximum Gasteiger partial charge on any atom is 0.397 e. The van der Waals surface area contributed by atoms with E-state index in [0.29, 0.717) is 16.8 Å². The van der Waals surface area contributed by atoms with E-state index in [0.717, 1.165) is 4.90 Å². The molecule has 6 nitrogen and oxygen atoms in total. The first-order valence-corrected chi connectivity index (χ1v) is 9.11. The van der Waals surface area contributed by atoms with Gasteiger partial charge in [0.15, 0.2) is 0 Å². The lowest BCUT2D eigenvalue weighted by Gasteiger charge is -2.58. The van der Waals surface area contributed by atoms with E-state index in [1.807, 2.05) is 0 Å². The standard InChI is InChI=1S/C20H18F3N3O3/c21-20(22,23)9-17(28)25-10-15-18(13-3-1-2-4-14(13)25)16(11-27)26(15)19(29)12-5-7-24-8-6-12/h1-8,15-16,18,27H,9-11H2/t15-,16+,18+/m0/s1. The van der Waals surface area contributed by atoms with Crippen molar-refractivity contribution in [1.82, 2.24) is 9.88 Å². The van der Waals surface area contributed by atoms with Crippen molar-refractivity contribution in [2.75, 3.05) is 18.1 Å². The molecule has 0 bridgehead atoms. The molecule has 2 aliphatic heterocycles. The number of fused-ring (bicyclic) bond motifs is 3. The van der Waals surface area contributed by atoms with Gasteiger partial charge in [0.1, 0.15) is 6.42 Å². The van der Waals surface area contributed by atoms with Crippen molar-refractivity contribution >= 4 is 17.5 Å². The summed E-state index contributed by atoms with van der Waals surface area (Å²) in [7, 11) is 0. The SMILES string of the molecule is O=C(CC(F)(F)F)N1C[C@H]2[C@@H](c3ccccc31)[C@@H](CO)N2C(=O)c1ccncc1. The summed E-state index contributed by atoms with van der Waals surface area (Å²) in [6.45, 7) is -0.341. The van der Waals surface area contributed by atoms with Crippen LogP contribution in [0.1, 0.15) is 28.3 Å². The zero-order valence-electron chi connectivity index (χ0n) is 15.2. The average Bonchev–Trinajstić information content (AvgIpc) is 2.67. The van der Waals surface area contributed by atoms with Crippen molar-refractivity contribution in [3.63, 3.8) is 0 Å². The molecule has 1 aromatic carbocycles. The molecule has 0 saturated carbocycles. The third kappa shape index (κ3) is 3.35. The first kappa shape index (κ1) is 19.4. The molecule has 2 aliphatic rings.